The van der Waals surface area contributed by atoms with Gasteiger partial charge in [-0.25, -0.2) is 9.97 Å². The Bertz CT molecular complexity index is 878. The number of hydrogen-bond donors (Lipinski definition) is 1. The van der Waals surface area contributed by atoms with Crippen LogP contribution >= 0.6 is 0 Å². The van der Waals surface area contributed by atoms with E-state index in [0.29, 0.717) is 31.3 Å². The maximum atomic E-state index is 13.0. The Morgan fingerprint density at radius 3 is 2.75 bits per heavy atom. The fourth-order valence-electron chi connectivity index (χ4n) is 3.74. The number of nitrogens with zero attached hydrogens (tertiary/aromatic N) is 3. The molecule has 3 heterocycles. The standard InChI is InChI=1S/C21H26N4O3/c1-14-12-16(24-20(22-14)25-8-10-27-11-9-25)19(26)23-17-13-21(2,3)28-18-7-5-4-6-15(17)18/h4-7,12,17H,8-11,13H2,1-3H3,(H,23,26). The molecule has 2 aliphatic heterocycles. The molecule has 7 nitrogen and oxygen atoms in total. The van der Waals surface area contributed by atoms with Crippen LogP contribution in [-0.4, -0.2) is 47.8 Å². The van der Waals surface area contributed by atoms with Gasteiger partial charge in [-0.1, -0.05) is 18.2 Å². The average molecular weight is 382 g/mol. The van der Waals surface area contributed by atoms with Crippen LogP contribution in [0.25, 0.3) is 0 Å². The largest absolute Gasteiger partial charge is 0.487 e. The van der Waals surface area contributed by atoms with Crippen molar-refractivity contribution in [2.24, 2.45) is 0 Å². The van der Waals surface area contributed by atoms with Crippen LogP contribution in [0.2, 0.25) is 0 Å². The number of benzene rings is 1. The van der Waals surface area contributed by atoms with Crippen molar-refractivity contribution >= 4 is 11.9 Å². The van der Waals surface area contributed by atoms with E-state index in [2.05, 4.69) is 20.2 Å². The molecular formula is C21H26N4O3. The lowest BCUT2D eigenvalue weighted by Gasteiger charge is -2.37. The SMILES string of the molecule is Cc1cc(C(=O)NC2CC(C)(C)Oc3ccccc32)nc(N2CCOCC2)n1. The van der Waals surface area contributed by atoms with Gasteiger partial charge in [-0.15, -0.1) is 0 Å². The zero-order chi connectivity index (χ0) is 19.7. The Labute approximate surface area is 165 Å². The van der Waals surface area contributed by atoms with Crippen molar-refractivity contribution in [2.45, 2.75) is 38.8 Å². The van der Waals surface area contributed by atoms with E-state index < -0.39 is 0 Å². The summed E-state index contributed by atoms with van der Waals surface area (Å²) in [5.41, 5.74) is 1.80. The van der Waals surface area contributed by atoms with E-state index in [1.54, 1.807) is 6.07 Å². The number of morpholine rings is 1. The molecular weight excluding hydrogens is 356 g/mol. The normalized spacial score (nSPS) is 20.8. The second-order valence-electron chi connectivity index (χ2n) is 7.92. The minimum Gasteiger partial charge on any atom is -0.487 e. The molecule has 0 aliphatic carbocycles. The van der Waals surface area contributed by atoms with Crippen molar-refractivity contribution in [1.82, 2.24) is 15.3 Å². The number of amides is 1. The van der Waals surface area contributed by atoms with Crippen LogP contribution in [-0.2, 0) is 4.74 Å². The highest BCUT2D eigenvalue weighted by Gasteiger charge is 2.34. The Morgan fingerprint density at radius 2 is 1.96 bits per heavy atom. The number of hydrogen-bond acceptors (Lipinski definition) is 6. The Hall–Kier alpha value is -2.67. The van der Waals surface area contributed by atoms with Gasteiger partial charge in [0.15, 0.2) is 0 Å². The van der Waals surface area contributed by atoms with Gasteiger partial charge in [0.25, 0.3) is 5.91 Å². The summed E-state index contributed by atoms with van der Waals surface area (Å²) in [5, 5.41) is 3.15. The summed E-state index contributed by atoms with van der Waals surface area (Å²) in [5.74, 6) is 1.20. The van der Waals surface area contributed by atoms with Gasteiger partial charge in [0.1, 0.15) is 17.0 Å². The molecule has 148 valence electrons. The zero-order valence-corrected chi connectivity index (χ0v) is 16.6. The molecule has 2 aromatic rings. The number of anilines is 1. The number of fused-ring (bicyclic) bond motifs is 1. The van der Waals surface area contributed by atoms with E-state index >= 15 is 0 Å². The predicted molar refractivity (Wildman–Crippen MR) is 106 cm³/mol. The molecule has 0 saturated carbocycles. The lowest BCUT2D eigenvalue weighted by atomic mass is 9.89. The first kappa shape index (κ1) is 18.7. The third kappa shape index (κ3) is 3.94. The van der Waals surface area contributed by atoms with Crippen LogP contribution in [0.5, 0.6) is 5.75 Å². The summed E-state index contributed by atoms with van der Waals surface area (Å²) >= 11 is 0. The Balaban J connectivity index is 1.58. The lowest BCUT2D eigenvalue weighted by molar-refractivity contribution is 0.0618. The molecule has 0 radical (unpaired) electrons. The third-order valence-corrected chi connectivity index (χ3v) is 5.05. The molecule has 1 amide bonds. The molecule has 1 atom stereocenters. The Kier molecular flexibility index (Phi) is 4.93. The topological polar surface area (TPSA) is 76.6 Å². The predicted octanol–water partition coefficient (Wildman–Crippen LogP) is 2.65. The van der Waals surface area contributed by atoms with Gasteiger partial charge in [-0.2, -0.15) is 0 Å². The number of rotatable bonds is 3. The molecule has 0 spiro atoms. The highest BCUT2D eigenvalue weighted by atomic mass is 16.5. The van der Waals surface area contributed by atoms with Crippen LogP contribution in [0.3, 0.4) is 0 Å². The fourth-order valence-corrected chi connectivity index (χ4v) is 3.74. The van der Waals surface area contributed by atoms with Gasteiger partial charge in [0.05, 0.1) is 19.3 Å². The highest BCUT2D eigenvalue weighted by molar-refractivity contribution is 5.93. The maximum Gasteiger partial charge on any atom is 0.270 e. The number of carbonyl (C=O) groups excluding carboxylic acids is 1. The minimum atomic E-state index is -0.354. The van der Waals surface area contributed by atoms with Gasteiger partial charge in [0, 0.05) is 30.8 Å². The molecule has 2 aliphatic rings. The van der Waals surface area contributed by atoms with E-state index in [4.69, 9.17) is 9.47 Å². The van der Waals surface area contributed by atoms with Gasteiger partial charge < -0.3 is 19.7 Å². The molecule has 1 fully saturated rings. The van der Waals surface area contributed by atoms with Crippen molar-refractivity contribution in [3.05, 3.63) is 47.3 Å². The summed E-state index contributed by atoms with van der Waals surface area (Å²) in [6, 6.07) is 9.46. The van der Waals surface area contributed by atoms with Crippen LogP contribution in [0, 0.1) is 6.92 Å². The smallest absolute Gasteiger partial charge is 0.270 e. The first-order valence-corrected chi connectivity index (χ1v) is 9.68. The summed E-state index contributed by atoms with van der Waals surface area (Å²) in [7, 11) is 0. The number of carbonyl (C=O) groups is 1. The van der Waals surface area contributed by atoms with E-state index in [1.807, 2.05) is 45.0 Å². The van der Waals surface area contributed by atoms with Crippen LogP contribution in [0.4, 0.5) is 5.95 Å². The van der Waals surface area contributed by atoms with E-state index in [1.165, 1.54) is 0 Å². The second kappa shape index (κ2) is 7.39. The minimum absolute atomic E-state index is 0.130. The molecule has 7 heteroatoms. The van der Waals surface area contributed by atoms with Crippen LogP contribution in [0.1, 0.15) is 48.1 Å². The van der Waals surface area contributed by atoms with Crippen molar-refractivity contribution in [3.8, 4) is 5.75 Å². The van der Waals surface area contributed by atoms with Crippen molar-refractivity contribution in [3.63, 3.8) is 0 Å². The van der Waals surface area contributed by atoms with Gasteiger partial charge in [-0.05, 0) is 32.9 Å². The zero-order valence-electron chi connectivity index (χ0n) is 16.6. The molecule has 28 heavy (non-hydrogen) atoms. The number of nitrogens with one attached hydrogen (secondary N) is 1. The third-order valence-electron chi connectivity index (χ3n) is 5.05. The molecule has 1 N–H and O–H groups in total. The van der Waals surface area contributed by atoms with Crippen molar-refractivity contribution < 1.29 is 14.3 Å². The molecule has 4 rings (SSSR count). The van der Waals surface area contributed by atoms with E-state index in [0.717, 1.165) is 30.1 Å². The molecule has 1 saturated heterocycles. The monoisotopic (exact) mass is 382 g/mol. The van der Waals surface area contributed by atoms with Crippen LogP contribution < -0.4 is 15.0 Å². The summed E-state index contributed by atoms with van der Waals surface area (Å²) in [6.07, 6.45) is 0.691. The number of aryl methyl sites for hydroxylation is 1. The first-order valence-electron chi connectivity index (χ1n) is 9.68. The van der Waals surface area contributed by atoms with E-state index in [-0.39, 0.29) is 17.6 Å². The van der Waals surface area contributed by atoms with Crippen molar-refractivity contribution in [1.29, 1.82) is 0 Å². The number of ether oxygens (including phenoxy) is 2. The summed E-state index contributed by atoms with van der Waals surface area (Å²) in [4.78, 5) is 24.1. The Morgan fingerprint density at radius 1 is 1.21 bits per heavy atom. The molecule has 1 unspecified atom stereocenters. The molecule has 1 aromatic heterocycles. The lowest BCUT2D eigenvalue weighted by Crippen LogP contribution is -2.41. The quantitative estimate of drug-likeness (QED) is 0.880. The highest BCUT2D eigenvalue weighted by Crippen LogP contribution is 2.39. The van der Waals surface area contributed by atoms with Crippen molar-refractivity contribution in [2.75, 3.05) is 31.2 Å². The molecule has 0 bridgehead atoms. The van der Waals surface area contributed by atoms with Gasteiger partial charge in [0.2, 0.25) is 5.95 Å². The first-order chi connectivity index (χ1) is 13.4. The fraction of sp³-hybridized carbons (Fsp3) is 0.476. The summed E-state index contributed by atoms with van der Waals surface area (Å²) < 4.78 is 11.5. The molecule has 1 aromatic carbocycles. The average Bonchev–Trinajstić information content (AvgIpc) is 2.67. The van der Waals surface area contributed by atoms with Crippen LogP contribution in [0.15, 0.2) is 30.3 Å². The second-order valence-corrected chi connectivity index (χ2v) is 7.92. The van der Waals surface area contributed by atoms with E-state index in [9.17, 15) is 4.79 Å². The number of aromatic nitrogens is 2. The van der Waals surface area contributed by atoms with Gasteiger partial charge >= 0.3 is 0 Å². The van der Waals surface area contributed by atoms with Gasteiger partial charge in [-0.3, -0.25) is 4.79 Å². The maximum absolute atomic E-state index is 13.0. The number of para-hydroxylation sites is 1. The summed E-state index contributed by atoms with van der Waals surface area (Å²) in [6.45, 7) is 8.70.